The molecule has 2 aromatic rings. The van der Waals surface area contributed by atoms with Crippen molar-refractivity contribution in [3.05, 3.63) is 41.2 Å². The Balaban J connectivity index is 2.37. The lowest BCUT2D eigenvalue weighted by Gasteiger charge is -2.18. The molecule has 2 rings (SSSR count). The van der Waals surface area contributed by atoms with Gasteiger partial charge in [0.25, 0.3) is 0 Å². The van der Waals surface area contributed by atoms with Gasteiger partial charge in [0.1, 0.15) is 4.90 Å². The average Bonchev–Trinajstić information content (AvgIpc) is 2.90. The van der Waals surface area contributed by atoms with E-state index in [1.807, 2.05) is 0 Å². The third-order valence-electron chi connectivity index (χ3n) is 4.44. The maximum atomic E-state index is 12.9. The molecule has 1 aromatic carbocycles. The van der Waals surface area contributed by atoms with Gasteiger partial charge in [-0.05, 0) is 31.5 Å². The largest absolute Gasteiger partial charge is 0.341 e. The predicted molar refractivity (Wildman–Crippen MR) is 101 cm³/mol. The first kappa shape index (κ1) is 22.4. The van der Waals surface area contributed by atoms with E-state index in [-0.39, 0.29) is 11.4 Å². The number of aromatic nitrogens is 2. The molecule has 0 radical (unpaired) electrons. The van der Waals surface area contributed by atoms with E-state index in [0.717, 1.165) is 12.1 Å². The highest BCUT2D eigenvalue weighted by Gasteiger charge is 2.29. The molecule has 1 heterocycles. The molecule has 0 atom stereocenters. The Morgan fingerprint density at radius 1 is 1.04 bits per heavy atom. The molecule has 156 valence electrons. The van der Waals surface area contributed by atoms with E-state index in [4.69, 9.17) is 0 Å². The molecule has 0 fully saturated rings. The van der Waals surface area contributed by atoms with E-state index < -0.39 is 30.5 Å². The summed E-state index contributed by atoms with van der Waals surface area (Å²) in [5.74, 6) is -3.48. The van der Waals surface area contributed by atoms with Gasteiger partial charge in [0.05, 0.1) is 22.8 Å². The van der Waals surface area contributed by atoms with Crippen LogP contribution >= 0.6 is 0 Å². The molecule has 0 aliphatic carbocycles. The van der Waals surface area contributed by atoms with Crippen LogP contribution in [0.3, 0.4) is 0 Å². The number of alkyl halides is 2. The quantitative estimate of drug-likeness (QED) is 0.636. The van der Waals surface area contributed by atoms with Crippen molar-refractivity contribution in [1.82, 2.24) is 14.1 Å². The molecule has 0 unspecified atom stereocenters. The van der Waals surface area contributed by atoms with Crippen molar-refractivity contribution < 1.29 is 25.6 Å². The maximum absolute atomic E-state index is 12.9. The molecule has 11 heteroatoms. The summed E-state index contributed by atoms with van der Waals surface area (Å²) in [6.45, 7) is 7.61. The lowest BCUT2D eigenvalue weighted by atomic mass is 10.2. The lowest BCUT2D eigenvalue weighted by Crippen LogP contribution is -2.31. The number of aryl methyl sites for hydroxylation is 1. The van der Waals surface area contributed by atoms with Crippen LogP contribution in [0.2, 0.25) is 0 Å². The molecule has 0 amide bonds. The molecule has 7 nitrogen and oxygen atoms in total. The Morgan fingerprint density at radius 3 is 2.04 bits per heavy atom. The SMILES string of the molecule is CCN(CC)S(=O)(=O)c1c(C)nn(Cc2ccc(S(=O)(=O)C(F)F)cc2)c1C. The Hall–Kier alpha value is -1.85. The summed E-state index contributed by atoms with van der Waals surface area (Å²) in [5.41, 5.74) is 1.42. The fraction of sp³-hybridized carbons (Fsp3) is 0.471. The molecule has 0 aliphatic rings. The van der Waals surface area contributed by atoms with Gasteiger partial charge in [0, 0.05) is 13.1 Å². The van der Waals surface area contributed by atoms with E-state index in [1.54, 1.807) is 27.7 Å². The summed E-state index contributed by atoms with van der Waals surface area (Å²) in [7, 11) is -8.33. The summed E-state index contributed by atoms with van der Waals surface area (Å²) >= 11 is 0. The zero-order valence-electron chi connectivity index (χ0n) is 16.1. The number of sulfonamides is 1. The molecule has 0 aliphatic heterocycles. The minimum absolute atomic E-state index is 0.146. The number of benzene rings is 1. The molecular formula is C17H23F2N3O4S2. The summed E-state index contributed by atoms with van der Waals surface area (Å²) in [6.07, 6.45) is 0. The second kappa shape index (κ2) is 8.26. The van der Waals surface area contributed by atoms with Crippen molar-refractivity contribution in [3.8, 4) is 0 Å². The topological polar surface area (TPSA) is 89.3 Å². The Labute approximate surface area is 163 Å². The van der Waals surface area contributed by atoms with Gasteiger partial charge in [-0.1, -0.05) is 26.0 Å². The second-order valence-corrected chi connectivity index (χ2v) is 9.99. The van der Waals surface area contributed by atoms with Gasteiger partial charge in [-0.25, -0.2) is 16.8 Å². The smallest absolute Gasteiger partial charge is 0.264 e. The average molecular weight is 436 g/mol. The van der Waals surface area contributed by atoms with E-state index in [2.05, 4.69) is 5.10 Å². The van der Waals surface area contributed by atoms with Crippen molar-refractivity contribution in [1.29, 1.82) is 0 Å². The van der Waals surface area contributed by atoms with Crippen LogP contribution in [0.5, 0.6) is 0 Å². The highest BCUT2D eigenvalue weighted by atomic mass is 32.2. The first-order chi connectivity index (χ1) is 13.0. The number of hydrogen-bond acceptors (Lipinski definition) is 5. The first-order valence-electron chi connectivity index (χ1n) is 8.61. The van der Waals surface area contributed by atoms with Gasteiger partial charge in [-0.15, -0.1) is 0 Å². The summed E-state index contributed by atoms with van der Waals surface area (Å²) in [5, 5.41) is 4.29. The van der Waals surface area contributed by atoms with Gasteiger partial charge in [0.2, 0.25) is 19.9 Å². The molecule has 0 N–H and O–H groups in total. The summed E-state index contributed by atoms with van der Waals surface area (Å²) in [6, 6.07) is 5.03. The highest BCUT2D eigenvalue weighted by Crippen LogP contribution is 2.24. The molecule has 1 aromatic heterocycles. The number of hydrogen-bond donors (Lipinski definition) is 0. The highest BCUT2D eigenvalue weighted by molar-refractivity contribution is 7.91. The van der Waals surface area contributed by atoms with Gasteiger partial charge in [0.15, 0.2) is 0 Å². The Kier molecular flexibility index (Phi) is 6.62. The standard InChI is InChI=1S/C17H23F2N3O4S2/c1-5-21(6-2)28(25,26)16-12(3)20-22(13(16)4)11-14-7-9-15(10-8-14)27(23,24)17(18)19/h7-10,17H,5-6,11H2,1-4H3. The van der Waals surface area contributed by atoms with Crippen LogP contribution in [0.4, 0.5) is 8.78 Å². The monoisotopic (exact) mass is 435 g/mol. The van der Waals surface area contributed by atoms with Crippen LogP contribution in [-0.2, 0) is 26.4 Å². The summed E-state index contributed by atoms with van der Waals surface area (Å²) in [4.78, 5) is -0.322. The minimum atomic E-state index is -4.65. The Bertz CT molecular complexity index is 1040. The van der Waals surface area contributed by atoms with E-state index in [9.17, 15) is 25.6 Å². The number of rotatable bonds is 8. The number of sulfone groups is 1. The molecule has 0 saturated carbocycles. The van der Waals surface area contributed by atoms with E-state index in [0.29, 0.717) is 30.0 Å². The molecule has 28 heavy (non-hydrogen) atoms. The van der Waals surface area contributed by atoms with Crippen LogP contribution in [-0.4, -0.2) is 49.8 Å². The fourth-order valence-corrected chi connectivity index (χ4v) is 5.51. The van der Waals surface area contributed by atoms with Crippen LogP contribution in [0.25, 0.3) is 0 Å². The first-order valence-corrected chi connectivity index (χ1v) is 11.6. The van der Waals surface area contributed by atoms with Gasteiger partial charge >= 0.3 is 5.76 Å². The Morgan fingerprint density at radius 2 is 1.57 bits per heavy atom. The van der Waals surface area contributed by atoms with Crippen molar-refractivity contribution in [2.75, 3.05) is 13.1 Å². The van der Waals surface area contributed by atoms with E-state index in [1.165, 1.54) is 21.1 Å². The van der Waals surface area contributed by atoms with Crippen molar-refractivity contribution in [3.63, 3.8) is 0 Å². The van der Waals surface area contributed by atoms with Crippen molar-refractivity contribution >= 4 is 19.9 Å². The maximum Gasteiger partial charge on any atom is 0.341 e. The fourth-order valence-electron chi connectivity index (χ4n) is 2.96. The normalized spacial score (nSPS) is 12.9. The van der Waals surface area contributed by atoms with Gasteiger partial charge < -0.3 is 0 Å². The third kappa shape index (κ3) is 4.11. The predicted octanol–water partition coefficient (Wildman–Crippen LogP) is 2.58. The third-order valence-corrected chi connectivity index (χ3v) is 8.14. The van der Waals surface area contributed by atoms with Crippen LogP contribution in [0, 0.1) is 13.8 Å². The lowest BCUT2D eigenvalue weighted by molar-refractivity contribution is 0.234. The number of nitrogens with zero attached hydrogens (tertiary/aromatic N) is 3. The zero-order chi connectivity index (χ0) is 21.3. The van der Waals surface area contributed by atoms with Crippen molar-refractivity contribution in [2.45, 2.75) is 49.8 Å². The molecule has 0 saturated heterocycles. The van der Waals surface area contributed by atoms with Crippen molar-refractivity contribution in [2.24, 2.45) is 0 Å². The van der Waals surface area contributed by atoms with Crippen LogP contribution < -0.4 is 0 Å². The zero-order valence-corrected chi connectivity index (χ0v) is 17.7. The van der Waals surface area contributed by atoms with Gasteiger partial charge in [-0.3, -0.25) is 4.68 Å². The molecule has 0 spiro atoms. The minimum Gasteiger partial charge on any atom is -0.264 e. The van der Waals surface area contributed by atoms with Gasteiger partial charge in [-0.2, -0.15) is 18.2 Å². The van der Waals surface area contributed by atoms with Crippen LogP contribution in [0.15, 0.2) is 34.1 Å². The van der Waals surface area contributed by atoms with Crippen LogP contribution in [0.1, 0.15) is 30.8 Å². The number of halogens is 2. The second-order valence-electron chi connectivity index (χ2n) is 6.20. The molecule has 0 bridgehead atoms. The van der Waals surface area contributed by atoms with E-state index >= 15 is 0 Å². The molecular weight excluding hydrogens is 412 g/mol. The summed E-state index contributed by atoms with van der Waals surface area (Å²) < 4.78 is 76.8.